The molecule has 1 aliphatic carbocycles. The average molecular weight is 511 g/mol. The lowest BCUT2D eigenvalue weighted by molar-refractivity contribution is 0.102. The Morgan fingerprint density at radius 1 is 1.03 bits per heavy atom. The minimum Gasteiger partial charge on any atom is -0.507 e. The van der Waals surface area contributed by atoms with Crippen LogP contribution >= 0.6 is 0 Å². The third-order valence-electron chi connectivity index (χ3n) is 6.90. The van der Waals surface area contributed by atoms with E-state index >= 15 is 0 Å². The van der Waals surface area contributed by atoms with Gasteiger partial charge < -0.3 is 20.5 Å². The largest absolute Gasteiger partial charge is 0.507 e. The van der Waals surface area contributed by atoms with Gasteiger partial charge in [0.15, 0.2) is 0 Å². The van der Waals surface area contributed by atoms with Crippen LogP contribution in [0.4, 0.5) is 10.5 Å². The second-order valence-corrected chi connectivity index (χ2v) is 9.55. The number of ether oxygens (including phenoxy) is 1. The summed E-state index contributed by atoms with van der Waals surface area (Å²) in [7, 11) is 1.61. The predicted octanol–water partition coefficient (Wildman–Crippen LogP) is 5.85. The fraction of sp³-hybridized carbons (Fsp3) is 0.233. The second-order valence-electron chi connectivity index (χ2n) is 9.55. The summed E-state index contributed by atoms with van der Waals surface area (Å²) in [6.45, 7) is 2.31. The molecule has 1 aromatic heterocycles. The predicted molar refractivity (Wildman–Crippen MR) is 146 cm³/mol. The van der Waals surface area contributed by atoms with Crippen LogP contribution in [-0.4, -0.2) is 33.9 Å². The number of amides is 2. The summed E-state index contributed by atoms with van der Waals surface area (Å²) < 4.78 is 6.60. The molecule has 0 bridgehead atoms. The normalized spacial score (nSPS) is 13.0. The Morgan fingerprint density at radius 2 is 1.76 bits per heavy atom. The highest BCUT2D eigenvalue weighted by atomic mass is 16.5. The van der Waals surface area contributed by atoms with Gasteiger partial charge in [0.05, 0.1) is 18.5 Å². The molecule has 4 aromatic rings. The van der Waals surface area contributed by atoms with Crippen molar-refractivity contribution in [2.75, 3.05) is 12.4 Å². The van der Waals surface area contributed by atoms with E-state index in [9.17, 15) is 14.7 Å². The highest BCUT2D eigenvalue weighted by molar-refractivity contribution is 6.04. The SMILES string of the molecule is COc1ccc(CNC(=O)n2nc(-c3ccc(NC(=O)c4ccc(C)cc4)cc3O)cc2C2CCC2)cc1. The number of hydrogen-bond donors (Lipinski definition) is 3. The Morgan fingerprint density at radius 3 is 2.39 bits per heavy atom. The van der Waals surface area contributed by atoms with E-state index in [-0.39, 0.29) is 23.6 Å². The number of methoxy groups -OCH3 is 1. The van der Waals surface area contributed by atoms with Crippen molar-refractivity contribution in [3.63, 3.8) is 0 Å². The van der Waals surface area contributed by atoms with Gasteiger partial charge in [0, 0.05) is 35.3 Å². The molecule has 1 fully saturated rings. The van der Waals surface area contributed by atoms with E-state index < -0.39 is 0 Å². The molecule has 3 N–H and O–H groups in total. The second kappa shape index (κ2) is 10.8. The van der Waals surface area contributed by atoms with E-state index in [1.54, 1.807) is 31.4 Å². The van der Waals surface area contributed by atoms with E-state index in [2.05, 4.69) is 15.7 Å². The van der Waals surface area contributed by atoms with Crippen LogP contribution in [0.25, 0.3) is 11.3 Å². The van der Waals surface area contributed by atoms with Crippen molar-refractivity contribution in [2.24, 2.45) is 0 Å². The van der Waals surface area contributed by atoms with E-state index in [1.165, 1.54) is 10.7 Å². The zero-order chi connectivity index (χ0) is 26.6. The quantitative estimate of drug-likeness (QED) is 0.289. The van der Waals surface area contributed by atoms with Crippen LogP contribution in [0.3, 0.4) is 0 Å². The smallest absolute Gasteiger partial charge is 0.342 e. The summed E-state index contributed by atoms with van der Waals surface area (Å²) in [5.41, 5.74) is 4.82. The number of hydrogen-bond acceptors (Lipinski definition) is 5. The fourth-order valence-electron chi connectivity index (χ4n) is 4.41. The number of phenols is 1. The molecule has 1 saturated carbocycles. The number of rotatable bonds is 7. The molecule has 0 aliphatic heterocycles. The molecule has 8 heteroatoms. The molecule has 0 saturated heterocycles. The molecule has 2 amide bonds. The molecule has 0 unspecified atom stereocenters. The van der Waals surface area contributed by atoms with Crippen LogP contribution in [0.5, 0.6) is 11.5 Å². The van der Waals surface area contributed by atoms with Crippen LogP contribution in [-0.2, 0) is 6.54 Å². The van der Waals surface area contributed by atoms with E-state index in [0.717, 1.165) is 41.8 Å². The van der Waals surface area contributed by atoms with Gasteiger partial charge in [0.2, 0.25) is 0 Å². The molecular formula is C30H30N4O4. The molecule has 8 nitrogen and oxygen atoms in total. The molecule has 0 radical (unpaired) electrons. The molecule has 0 spiro atoms. The molecule has 38 heavy (non-hydrogen) atoms. The maximum atomic E-state index is 13.1. The lowest BCUT2D eigenvalue weighted by atomic mass is 9.82. The number of nitrogens with zero attached hydrogens (tertiary/aromatic N) is 2. The summed E-state index contributed by atoms with van der Waals surface area (Å²) >= 11 is 0. The van der Waals surface area contributed by atoms with Gasteiger partial charge in [-0.15, -0.1) is 0 Å². The van der Waals surface area contributed by atoms with Crippen molar-refractivity contribution < 1.29 is 19.4 Å². The Bertz CT molecular complexity index is 1450. The Balaban J connectivity index is 1.34. The van der Waals surface area contributed by atoms with E-state index in [0.29, 0.717) is 29.1 Å². The Labute approximate surface area is 221 Å². The van der Waals surface area contributed by atoms with Crippen LogP contribution in [0.1, 0.15) is 52.4 Å². The number of aromatic nitrogens is 2. The number of nitrogens with one attached hydrogen (secondary N) is 2. The molecule has 0 atom stereocenters. The average Bonchev–Trinajstić information content (AvgIpc) is 3.31. The van der Waals surface area contributed by atoms with Crippen molar-refractivity contribution >= 4 is 17.6 Å². The van der Waals surface area contributed by atoms with Crippen molar-refractivity contribution in [2.45, 2.75) is 38.6 Å². The monoisotopic (exact) mass is 510 g/mol. The number of carbonyl (C=O) groups excluding carboxylic acids is 2. The van der Waals surface area contributed by atoms with Crippen molar-refractivity contribution in [3.05, 3.63) is 95.2 Å². The van der Waals surface area contributed by atoms with Gasteiger partial charge in [-0.3, -0.25) is 4.79 Å². The number of phenolic OH excluding ortho intramolecular Hbond substituents is 1. The van der Waals surface area contributed by atoms with Crippen molar-refractivity contribution in [1.82, 2.24) is 15.1 Å². The molecule has 194 valence electrons. The zero-order valence-corrected chi connectivity index (χ0v) is 21.4. The standard InChI is InChI=1S/C30H30N4O4/c1-19-6-10-22(11-7-19)29(36)32-23-12-15-25(28(35)16-23)26-17-27(21-4-3-5-21)34(33-26)30(37)31-18-20-8-13-24(38-2)14-9-20/h6-17,21,35H,3-5,18H2,1-2H3,(H,31,37)(H,32,36). The maximum absolute atomic E-state index is 13.1. The van der Waals surface area contributed by atoms with Gasteiger partial charge in [-0.1, -0.05) is 36.2 Å². The van der Waals surface area contributed by atoms with Crippen molar-refractivity contribution in [3.8, 4) is 22.8 Å². The van der Waals surface area contributed by atoms with Gasteiger partial charge in [-0.05, 0) is 67.8 Å². The first-order valence-electron chi connectivity index (χ1n) is 12.6. The molecule has 5 rings (SSSR count). The highest BCUT2D eigenvalue weighted by Crippen LogP contribution is 2.39. The zero-order valence-electron chi connectivity index (χ0n) is 21.4. The number of aryl methyl sites for hydroxylation is 1. The topological polar surface area (TPSA) is 105 Å². The van der Waals surface area contributed by atoms with Crippen LogP contribution in [0.2, 0.25) is 0 Å². The van der Waals surface area contributed by atoms with Crippen LogP contribution in [0.15, 0.2) is 72.8 Å². The molecular weight excluding hydrogens is 480 g/mol. The highest BCUT2D eigenvalue weighted by Gasteiger charge is 2.27. The lowest BCUT2D eigenvalue weighted by Gasteiger charge is -2.25. The number of anilines is 1. The summed E-state index contributed by atoms with van der Waals surface area (Å²) in [5.74, 6) is 0.709. The third-order valence-corrected chi connectivity index (χ3v) is 6.90. The summed E-state index contributed by atoms with van der Waals surface area (Å²) in [6.07, 6.45) is 3.10. The van der Waals surface area contributed by atoms with E-state index in [1.807, 2.05) is 49.4 Å². The first kappa shape index (κ1) is 25.1. The third kappa shape index (κ3) is 5.39. The number of carbonyl (C=O) groups is 2. The van der Waals surface area contributed by atoms with Gasteiger partial charge in [-0.2, -0.15) is 9.78 Å². The van der Waals surface area contributed by atoms with Gasteiger partial charge in [0.25, 0.3) is 5.91 Å². The van der Waals surface area contributed by atoms with Crippen molar-refractivity contribution in [1.29, 1.82) is 0 Å². The van der Waals surface area contributed by atoms with Crippen LogP contribution in [0, 0.1) is 6.92 Å². The first-order chi connectivity index (χ1) is 18.4. The lowest BCUT2D eigenvalue weighted by Crippen LogP contribution is -2.31. The summed E-state index contributed by atoms with van der Waals surface area (Å²) in [6, 6.07) is 21.2. The minimum absolute atomic E-state index is 0.0323. The molecule has 1 heterocycles. The summed E-state index contributed by atoms with van der Waals surface area (Å²) in [5, 5.41) is 21.1. The maximum Gasteiger partial charge on any atom is 0.342 e. The Hall–Kier alpha value is -4.59. The first-order valence-corrected chi connectivity index (χ1v) is 12.6. The molecule has 1 aliphatic rings. The van der Waals surface area contributed by atoms with Gasteiger partial charge >= 0.3 is 6.03 Å². The van der Waals surface area contributed by atoms with Crippen LogP contribution < -0.4 is 15.4 Å². The fourth-order valence-corrected chi connectivity index (χ4v) is 4.41. The minimum atomic E-state index is -0.324. The molecule has 3 aromatic carbocycles. The van der Waals surface area contributed by atoms with E-state index in [4.69, 9.17) is 4.74 Å². The number of aromatic hydroxyl groups is 1. The summed E-state index contributed by atoms with van der Waals surface area (Å²) in [4.78, 5) is 25.7. The van der Waals surface area contributed by atoms with Gasteiger partial charge in [-0.25, -0.2) is 4.79 Å². The Kier molecular flexibility index (Phi) is 7.13. The van der Waals surface area contributed by atoms with Gasteiger partial charge in [0.1, 0.15) is 11.5 Å². The number of benzene rings is 3.